The van der Waals surface area contributed by atoms with Gasteiger partial charge in [-0.05, 0) is 43.5 Å². The number of hydrogen-bond donors (Lipinski definition) is 1. The van der Waals surface area contributed by atoms with Gasteiger partial charge in [0.1, 0.15) is 5.75 Å². The van der Waals surface area contributed by atoms with Crippen LogP contribution < -0.4 is 0 Å². The summed E-state index contributed by atoms with van der Waals surface area (Å²) < 4.78 is 0. The molecule has 2 atom stereocenters. The number of phenols is 1. The van der Waals surface area contributed by atoms with Gasteiger partial charge in [-0.25, -0.2) is 0 Å². The summed E-state index contributed by atoms with van der Waals surface area (Å²) in [7, 11) is 0. The molecule has 1 aliphatic rings. The van der Waals surface area contributed by atoms with E-state index in [1.807, 2.05) is 12.1 Å². The van der Waals surface area contributed by atoms with E-state index in [4.69, 9.17) is 0 Å². The number of likely N-dealkylation sites (tertiary alicyclic amines) is 1. The smallest absolute Gasteiger partial charge is 0.115 e. The predicted octanol–water partition coefficient (Wildman–Crippen LogP) is 3.19. The molecule has 2 nitrogen and oxygen atoms in total. The highest BCUT2D eigenvalue weighted by Crippen LogP contribution is 2.29. The molecule has 2 rings (SSSR count). The maximum atomic E-state index is 9.48. The second kappa shape index (κ2) is 4.88. The zero-order valence-corrected chi connectivity index (χ0v) is 10.2. The van der Waals surface area contributed by atoms with Crippen molar-refractivity contribution in [3.63, 3.8) is 0 Å². The Balaban J connectivity index is 2.05. The molecule has 1 saturated heterocycles. The molecule has 1 aromatic rings. The molecular weight excluding hydrogens is 198 g/mol. The van der Waals surface area contributed by atoms with Crippen LogP contribution in [0.2, 0.25) is 0 Å². The van der Waals surface area contributed by atoms with Crippen molar-refractivity contribution < 1.29 is 5.11 Å². The minimum atomic E-state index is 0.371. The van der Waals surface area contributed by atoms with Crippen LogP contribution in [0.5, 0.6) is 5.75 Å². The maximum absolute atomic E-state index is 9.48. The Labute approximate surface area is 97.9 Å². The number of phenolic OH excluding ortho intramolecular Hbond substituents is 1. The van der Waals surface area contributed by atoms with Crippen molar-refractivity contribution in [1.29, 1.82) is 0 Å². The third-order valence-electron chi connectivity index (χ3n) is 3.79. The molecule has 1 aromatic carbocycles. The van der Waals surface area contributed by atoms with Crippen molar-refractivity contribution in [2.45, 2.75) is 32.7 Å². The fourth-order valence-corrected chi connectivity index (χ4v) is 2.54. The monoisotopic (exact) mass is 219 g/mol. The van der Waals surface area contributed by atoms with Gasteiger partial charge >= 0.3 is 0 Å². The Morgan fingerprint density at radius 1 is 1.50 bits per heavy atom. The first-order valence-corrected chi connectivity index (χ1v) is 6.23. The molecule has 88 valence electrons. The molecule has 0 aromatic heterocycles. The van der Waals surface area contributed by atoms with Gasteiger partial charge in [0.25, 0.3) is 0 Å². The molecule has 0 saturated carbocycles. The van der Waals surface area contributed by atoms with Crippen LogP contribution in [0.15, 0.2) is 24.3 Å². The number of aromatic hydroxyl groups is 1. The lowest BCUT2D eigenvalue weighted by atomic mass is 10.1. The van der Waals surface area contributed by atoms with E-state index in [9.17, 15) is 5.11 Å². The summed E-state index contributed by atoms with van der Waals surface area (Å²) >= 11 is 0. The highest BCUT2D eigenvalue weighted by Gasteiger charge is 2.25. The second-order valence-corrected chi connectivity index (χ2v) is 4.83. The van der Waals surface area contributed by atoms with Gasteiger partial charge in [0.15, 0.2) is 0 Å². The Morgan fingerprint density at radius 2 is 2.31 bits per heavy atom. The molecule has 1 heterocycles. The summed E-state index contributed by atoms with van der Waals surface area (Å²) in [6, 6.07) is 8.06. The van der Waals surface area contributed by atoms with Crippen LogP contribution in [0.1, 0.15) is 38.3 Å². The van der Waals surface area contributed by atoms with Gasteiger partial charge in [-0.2, -0.15) is 0 Å². The SMILES string of the molecule is CCC1CCN(C(C)c2cccc(O)c2)C1. The molecule has 0 bridgehead atoms. The first kappa shape index (κ1) is 11.5. The molecule has 1 N–H and O–H groups in total. The summed E-state index contributed by atoms with van der Waals surface area (Å²) in [4.78, 5) is 2.52. The largest absolute Gasteiger partial charge is 0.508 e. The van der Waals surface area contributed by atoms with Crippen LogP contribution in [0, 0.1) is 5.92 Å². The standard InChI is InChI=1S/C14H21NO/c1-3-12-7-8-15(10-12)11(2)13-5-4-6-14(16)9-13/h4-6,9,11-12,16H,3,7-8,10H2,1-2H3. The van der Waals surface area contributed by atoms with Gasteiger partial charge in [-0.15, -0.1) is 0 Å². The van der Waals surface area contributed by atoms with E-state index >= 15 is 0 Å². The summed E-state index contributed by atoms with van der Waals surface area (Å²) in [6.07, 6.45) is 2.60. The van der Waals surface area contributed by atoms with Gasteiger partial charge in [0, 0.05) is 12.6 Å². The topological polar surface area (TPSA) is 23.5 Å². The average molecular weight is 219 g/mol. The predicted molar refractivity (Wildman–Crippen MR) is 66.5 cm³/mol. The van der Waals surface area contributed by atoms with Crippen molar-refractivity contribution in [2.24, 2.45) is 5.92 Å². The lowest BCUT2D eigenvalue weighted by molar-refractivity contribution is 0.251. The second-order valence-electron chi connectivity index (χ2n) is 4.83. The van der Waals surface area contributed by atoms with Gasteiger partial charge < -0.3 is 5.11 Å². The first-order chi connectivity index (χ1) is 7.70. The third-order valence-corrected chi connectivity index (χ3v) is 3.79. The number of nitrogens with zero attached hydrogens (tertiary/aromatic N) is 1. The van der Waals surface area contributed by atoms with Crippen molar-refractivity contribution in [3.8, 4) is 5.75 Å². The van der Waals surface area contributed by atoms with Gasteiger partial charge in [-0.3, -0.25) is 4.90 Å². The fourth-order valence-electron chi connectivity index (χ4n) is 2.54. The van der Waals surface area contributed by atoms with Crippen molar-refractivity contribution in [2.75, 3.05) is 13.1 Å². The van der Waals surface area contributed by atoms with Crippen molar-refractivity contribution in [1.82, 2.24) is 4.90 Å². The maximum Gasteiger partial charge on any atom is 0.115 e. The van der Waals surface area contributed by atoms with Gasteiger partial charge in [0.05, 0.1) is 0 Å². The highest BCUT2D eigenvalue weighted by atomic mass is 16.3. The van der Waals surface area contributed by atoms with Crippen molar-refractivity contribution >= 4 is 0 Å². The molecule has 2 unspecified atom stereocenters. The minimum absolute atomic E-state index is 0.371. The van der Waals surface area contributed by atoms with Crippen LogP contribution in [0.4, 0.5) is 0 Å². The van der Waals surface area contributed by atoms with E-state index in [0.717, 1.165) is 5.92 Å². The zero-order chi connectivity index (χ0) is 11.5. The van der Waals surface area contributed by atoms with E-state index in [0.29, 0.717) is 11.8 Å². The Kier molecular flexibility index (Phi) is 3.49. The molecule has 1 aliphatic heterocycles. The molecule has 16 heavy (non-hydrogen) atoms. The normalized spacial score (nSPS) is 23.5. The number of benzene rings is 1. The van der Waals surface area contributed by atoms with E-state index < -0.39 is 0 Å². The lowest BCUT2D eigenvalue weighted by Crippen LogP contribution is -2.24. The Morgan fingerprint density at radius 3 is 2.94 bits per heavy atom. The molecule has 1 fully saturated rings. The quantitative estimate of drug-likeness (QED) is 0.844. The van der Waals surface area contributed by atoms with Crippen molar-refractivity contribution in [3.05, 3.63) is 29.8 Å². The van der Waals surface area contributed by atoms with Crippen LogP contribution in [-0.2, 0) is 0 Å². The molecule has 0 radical (unpaired) electrons. The third kappa shape index (κ3) is 2.38. The molecule has 0 amide bonds. The minimum Gasteiger partial charge on any atom is -0.508 e. The van der Waals surface area contributed by atoms with E-state index in [-0.39, 0.29) is 0 Å². The Bertz CT molecular complexity index is 350. The van der Waals surface area contributed by atoms with E-state index in [1.165, 1.54) is 31.5 Å². The lowest BCUT2D eigenvalue weighted by Gasteiger charge is -2.24. The van der Waals surface area contributed by atoms with Gasteiger partial charge in [0.2, 0.25) is 0 Å². The van der Waals surface area contributed by atoms with Crippen LogP contribution in [-0.4, -0.2) is 23.1 Å². The molecular formula is C14H21NO. The van der Waals surface area contributed by atoms with Crippen LogP contribution in [0.25, 0.3) is 0 Å². The Hall–Kier alpha value is -1.02. The number of hydrogen-bond acceptors (Lipinski definition) is 2. The van der Waals surface area contributed by atoms with Crippen LogP contribution in [0.3, 0.4) is 0 Å². The summed E-state index contributed by atoms with van der Waals surface area (Å²) in [5.74, 6) is 1.23. The summed E-state index contributed by atoms with van der Waals surface area (Å²) in [6.45, 7) is 6.89. The zero-order valence-electron chi connectivity index (χ0n) is 10.2. The van der Waals surface area contributed by atoms with Gasteiger partial charge in [-0.1, -0.05) is 25.5 Å². The highest BCUT2D eigenvalue weighted by molar-refractivity contribution is 5.29. The summed E-state index contributed by atoms with van der Waals surface area (Å²) in [5, 5.41) is 9.48. The molecule has 0 aliphatic carbocycles. The molecule has 0 spiro atoms. The van der Waals surface area contributed by atoms with E-state index in [1.54, 1.807) is 6.07 Å². The molecule has 2 heteroatoms. The summed E-state index contributed by atoms with van der Waals surface area (Å²) in [5.41, 5.74) is 1.22. The number of rotatable bonds is 3. The fraction of sp³-hybridized carbons (Fsp3) is 0.571. The van der Waals surface area contributed by atoms with E-state index in [2.05, 4.69) is 24.8 Å². The average Bonchev–Trinajstić information content (AvgIpc) is 2.76. The first-order valence-electron chi connectivity index (χ1n) is 6.23. The van der Waals surface area contributed by atoms with Crippen LogP contribution >= 0.6 is 0 Å².